The molecule has 0 spiro atoms. The van der Waals surface area contributed by atoms with E-state index in [2.05, 4.69) is 22.6 Å². The highest BCUT2D eigenvalue weighted by Crippen LogP contribution is 2.31. The van der Waals surface area contributed by atoms with E-state index >= 15 is 0 Å². The Morgan fingerprint density at radius 2 is 2.09 bits per heavy atom. The van der Waals surface area contributed by atoms with Crippen molar-refractivity contribution >= 4 is 49.1 Å². The van der Waals surface area contributed by atoms with Crippen molar-refractivity contribution in [1.82, 2.24) is 19.6 Å². The molecule has 1 amide bonds. The molecule has 5 rings (SSSR count). The lowest BCUT2D eigenvalue weighted by atomic mass is 10.1. The number of rotatable bonds is 8. The molecule has 178 valence electrons. The second-order valence-electron chi connectivity index (χ2n) is 8.72. The Bertz CT molecular complexity index is 1410. The Morgan fingerprint density at radius 1 is 1.24 bits per heavy atom. The Labute approximate surface area is 201 Å². The number of likely N-dealkylation sites (tertiary alicyclic amines) is 1. The standard InChI is InChI=1S/C25H29N5O3S/c1-29-14-5-6-16(29)11-12-27-24(32)21-22(31)17-9-10-20(26-13-15-33-2)28-23(17)30-18-7-3-4-8-19(18)34-25(21)30/h3-4,7-10,16H,5-6,11-15H2,1-2H3,(H,26,28)(H,27,32). The van der Waals surface area contributed by atoms with Gasteiger partial charge in [-0.25, -0.2) is 4.98 Å². The number of anilines is 1. The lowest BCUT2D eigenvalue weighted by Crippen LogP contribution is -2.34. The number of benzene rings is 1. The minimum atomic E-state index is -0.320. The van der Waals surface area contributed by atoms with Gasteiger partial charge in [0.15, 0.2) is 5.65 Å². The molecule has 1 aliphatic heterocycles. The molecule has 3 aromatic heterocycles. The fourth-order valence-electron chi connectivity index (χ4n) is 4.75. The predicted molar refractivity (Wildman–Crippen MR) is 137 cm³/mol. The maximum atomic E-state index is 13.5. The van der Waals surface area contributed by atoms with Crippen LogP contribution < -0.4 is 16.1 Å². The van der Waals surface area contributed by atoms with Crippen LogP contribution in [0.1, 0.15) is 29.6 Å². The Morgan fingerprint density at radius 3 is 2.88 bits per heavy atom. The third kappa shape index (κ3) is 4.15. The van der Waals surface area contributed by atoms with Crippen LogP contribution >= 0.6 is 11.3 Å². The van der Waals surface area contributed by atoms with E-state index < -0.39 is 0 Å². The number of amides is 1. The van der Waals surface area contributed by atoms with Crippen LogP contribution in [0.15, 0.2) is 41.2 Å². The van der Waals surface area contributed by atoms with Gasteiger partial charge in [0, 0.05) is 26.2 Å². The van der Waals surface area contributed by atoms with Crippen molar-refractivity contribution in [2.75, 3.05) is 45.7 Å². The van der Waals surface area contributed by atoms with Crippen molar-refractivity contribution < 1.29 is 9.53 Å². The van der Waals surface area contributed by atoms with Crippen molar-refractivity contribution in [3.63, 3.8) is 0 Å². The van der Waals surface area contributed by atoms with E-state index in [9.17, 15) is 9.59 Å². The molecule has 9 heteroatoms. The Kier molecular flexibility index (Phi) is 6.49. The second-order valence-corrected chi connectivity index (χ2v) is 9.75. The number of carbonyl (C=O) groups is 1. The zero-order chi connectivity index (χ0) is 23.7. The van der Waals surface area contributed by atoms with Crippen LogP contribution in [0.4, 0.5) is 5.82 Å². The van der Waals surface area contributed by atoms with Crippen molar-refractivity contribution in [2.45, 2.75) is 25.3 Å². The summed E-state index contributed by atoms with van der Waals surface area (Å²) < 4.78 is 8.05. The van der Waals surface area contributed by atoms with Crippen molar-refractivity contribution in [1.29, 1.82) is 0 Å². The first-order valence-electron chi connectivity index (χ1n) is 11.7. The molecule has 8 nitrogen and oxygen atoms in total. The van der Waals surface area contributed by atoms with Gasteiger partial charge in [-0.15, -0.1) is 11.3 Å². The van der Waals surface area contributed by atoms with Gasteiger partial charge < -0.3 is 20.3 Å². The van der Waals surface area contributed by atoms with E-state index in [1.54, 1.807) is 19.2 Å². The number of hydrogen-bond donors (Lipinski definition) is 2. The van der Waals surface area contributed by atoms with E-state index in [1.807, 2.05) is 28.7 Å². The van der Waals surface area contributed by atoms with Gasteiger partial charge >= 0.3 is 0 Å². The van der Waals surface area contributed by atoms with Crippen LogP contribution in [-0.4, -0.2) is 66.6 Å². The molecule has 1 aromatic carbocycles. The molecule has 0 aliphatic carbocycles. The summed E-state index contributed by atoms with van der Waals surface area (Å²) in [5.41, 5.74) is 1.38. The summed E-state index contributed by atoms with van der Waals surface area (Å²) in [4.78, 5) is 34.6. The molecule has 0 saturated carbocycles. The summed E-state index contributed by atoms with van der Waals surface area (Å²) in [6.45, 7) is 2.80. The molecule has 1 unspecified atom stereocenters. The summed E-state index contributed by atoms with van der Waals surface area (Å²) in [6, 6.07) is 11.9. The number of nitrogens with zero attached hydrogens (tertiary/aromatic N) is 3. The molecule has 2 N–H and O–H groups in total. The normalized spacial score (nSPS) is 16.6. The van der Waals surface area contributed by atoms with Crippen molar-refractivity contribution in [3.8, 4) is 0 Å². The Balaban J connectivity index is 1.57. The van der Waals surface area contributed by atoms with E-state index in [1.165, 1.54) is 17.8 Å². The number of fused-ring (bicyclic) bond motifs is 5. The summed E-state index contributed by atoms with van der Waals surface area (Å²) >= 11 is 1.45. The van der Waals surface area contributed by atoms with E-state index in [-0.39, 0.29) is 16.9 Å². The average Bonchev–Trinajstić information content (AvgIpc) is 3.42. The van der Waals surface area contributed by atoms with Crippen LogP contribution in [0.3, 0.4) is 0 Å². The third-order valence-electron chi connectivity index (χ3n) is 6.56. The van der Waals surface area contributed by atoms with Crippen LogP contribution in [0.25, 0.3) is 26.1 Å². The van der Waals surface area contributed by atoms with Gasteiger partial charge in [-0.05, 0) is 57.1 Å². The smallest absolute Gasteiger partial charge is 0.258 e. The van der Waals surface area contributed by atoms with E-state index in [0.29, 0.717) is 47.4 Å². The van der Waals surface area contributed by atoms with Gasteiger partial charge in [-0.3, -0.25) is 14.0 Å². The van der Waals surface area contributed by atoms with E-state index in [0.717, 1.165) is 29.6 Å². The lowest BCUT2D eigenvalue weighted by molar-refractivity contribution is 0.0951. The molecule has 1 fully saturated rings. The molecule has 4 aromatic rings. The number of pyridine rings is 2. The molecule has 4 heterocycles. The van der Waals surface area contributed by atoms with Crippen LogP contribution in [0, 0.1) is 0 Å². The SMILES string of the molecule is COCCNc1ccc2c(=O)c(C(=O)NCCC3CCCN3C)c3sc4ccccc4n3c2n1. The van der Waals surface area contributed by atoms with Crippen molar-refractivity contribution in [3.05, 3.63) is 52.2 Å². The highest BCUT2D eigenvalue weighted by atomic mass is 32.1. The topological polar surface area (TPSA) is 88.0 Å². The van der Waals surface area contributed by atoms with Gasteiger partial charge in [-0.2, -0.15) is 0 Å². The molecule has 0 bridgehead atoms. The molecule has 34 heavy (non-hydrogen) atoms. The van der Waals surface area contributed by atoms with Gasteiger partial charge in [-0.1, -0.05) is 12.1 Å². The van der Waals surface area contributed by atoms with Crippen LogP contribution in [0.5, 0.6) is 0 Å². The fraction of sp³-hybridized carbons (Fsp3) is 0.400. The first-order chi connectivity index (χ1) is 16.6. The Hall–Kier alpha value is -3.01. The fourth-order valence-corrected chi connectivity index (χ4v) is 5.94. The number of carbonyl (C=O) groups excluding carboxylic acids is 1. The summed E-state index contributed by atoms with van der Waals surface area (Å²) in [5, 5.41) is 6.67. The largest absolute Gasteiger partial charge is 0.383 e. The van der Waals surface area contributed by atoms with Crippen molar-refractivity contribution in [2.24, 2.45) is 0 Å². The van der Waals surface area contributed by atoms with Crippen LogP contribution in [0.2, 0.25) is 0 Å². The summed E-state index contributed by atoms with van der Waals surface area (Å²) in [7, 11) is 3.77. The maximum absolute atomic E-state index is 13.5. The predicted octanol–water partition coefficient (Wildman–Crippen LogP) is 3.33. The number of para-hydroxylation sites is 1. The van der Waals surface area contributed by atoms with Gasteiger partial charge in [0.2, 0.25) is 5.43 Å². The number of hydrogen-bond acceptors (Lipinski definition) is 7. The number of nitrogens with one attached hydrogen (secondary N) is 2. The third-order valence-corrected chi connectivity index (χ3v) is 7.71. The minimum Gasteiger partial charge on any atom is -0.383 e. The monoisotopic (exact) mass is 479 g/mol. The molecular formula is C25H29N5O3S. The minimum absolute atomic E-state index is 0.190. The summed E-state index contributed by atoms with van der Waals surface area (Å²) in [6.07, 6.45) is 3.22. The number of aromatic nitrogens is 2. The van der Waals surface area contributed by atoms with E-state index in [4.69, 9.17) is 9.72 Å². The van der Waals surface area contributed by atoms with Gasteiger partial charge in [0.25, 0.3) is 5.91 Å². The van der Waals surface area contributed by atoms with Gasteiger partial charge in [0.05, 0.1) is 22.2 Å². The first kappa shape index (κ1) is 22.8. The molecule has 0 radical (unpaired) electrons. The van der Waals surface area contributed by atoms with Crippen LogP contribution in [-0.2, 0) is 4.74 Å². The molecule has 1 atom stereocenters. The maximum Gasteiger partial charge on any atom is 0.258 e. The highest BCUT2D eigenvalue weighted by molar-refractivity contribution is 7.24. The zero-order valence-corrected chi connectivity index (χ0v) is 20.3. The highest BCUT2D eigenvalue weighted by Gasteiger charge is 2.24. The molecular weight excluding hydrogens is 450 g/mol. The number of methoxy groups -OCH3 is 1. The quantitative estimate of drug-likeness (QED) is 0.377. The average molecular weight is 480 g/mol. The molecule has 1 aliphatic rings. The first-order valence-corrected chi connectivity index (χ1v) is 12.5. The number of ether oxygens (including phenoxy) is 1. The van der Waals surface area contributed by atoms with Gasteiger partial charge in [0.1, 0.15) is 16.2 Å². The second kappa shape index (κ2) is 9.69. The molecule has 1 saturated heterocycles. The zero-order valence-electron chi connectivity index (χ0n) is 19.5. The lowest BCUT2D eigenvalue weighted by Gasteiger charge is -2.19. The number of thiazole rings is 1. The summed E-state index contributed by atoms with van der Waals surface area (Å²) in [5.74, 6) is 0.338.